The molecule has 0 atom stereocenters. The molecule has 1 saturated heterocycles. The molecule has 1 aliphatic rings. The van der Waals surface area contributed by atoms with E-state index < -0.39 is 0 Å². The lowest BCUT2D eigenvalue weighted by atomic mass is 10.1. The highest BCUT2D eigenvalue weighted by atomic mass is 32.2. The van der Waals surface area contributed by atoms with Gasteiger partial charge in [0.1, 0.15) is 5.03 Å². The number of rotatable bonds is 6. The fourth-order valence-corrected chi connectivity index (χ4v) is 4.79. The van der Waals surface area contributed by atoms with E-state index in [1.807, 2.05) is 35.7 Å². The first-order valence-electron chi connectivity index (χ1n) is 9.44. The van der Waals surface area contributed by atoms with E-state index >= 15 is 0 Å². The second-order valence-corrected chi connectivity index (χ2v) is 8.63. The largest absolute Gasteiger partial charge is 0.298 e. The van der Waals surface area contributed by atoms with Crippen molar-refractivity contribution >= 4 is 34.1 Å². The number of amides is 1. The predicted octanol–water partition coefficient (Wildman–Crippen LogP) is 4.93. The summed E-state index contributed by atoms with van der Waals surface area (Å²) in [5.41, 5.74) is 1.58. The van der Waals surface area contributed by atoms with Crippen LogP contribution in [0.1, 0.15) is 35.3 Å². The molecule has 0 unspecified atom stereocenters. The van der Waals surface area contributed by atoms with Crippen LogP contribution in [0.25, 0.3) is 0 Å². The van der Waals surface area contributed by atoms with E-state index in [9.17, 15) is 4.79 Å². The van der Waals surface area contributed by atoms with Gasteiger partial charge in [-0.3, -0.25) is 15.0 Å². The monoisotopic (exact) mass is 410 g/mol. The van der Waals surface area contributed by atoms with Crippen LogP contribution in [0.5, 0.6) is 0 Å². The zero-order valence-corrected chi connectivity index (χ0v) is 17.1. The second kappa shape index (κ2) is 9.32. The number of nitrogens with one attached hydrogen (secondary N) is 1. The van der Waals surface area contributed by atoms with Crippen LogP contribution in [0.3, 0.4) is 0 Å². The average Bonchev–Trinajstić information content (AvgIpc) is 3.16. The van der Waals surface area contributed by atoms with Gasteiger partial charge in [-0.1, -0.05) is 36.4 Å². The topological polar surface area (TPSA) is 58.1 Å². The molecular weight excluding hydrogens is 388 g/mol. The van der Waals surface area contributed by atoms with E-state index in [1.165, 1.54) is 42.4 Å². The van der Waals surface area contributed by atoms with Gasteiger partial charge < -0.3 is 0 Å². The Morgan fingerprint density at radius 3 is 2.75 bits per heavy atom. The SMILES string of the molecule is O=C(Nc1nc(CN2CCCCC2)cs1)c1cccnc1Sc1ccccc1. The van der Waals surface area contributed by atoms with E-state index in [2.05, 4.69) is 20.2 Å². The van der Waals surface area contributed by atoms with Gasteiger partial charge in [-0.05, 0) is 50.2 Å². The van der Waals surface area contributed by atoms with Crippen LogP contribution in [0.4, 0.5) is 5.13 Å². The first-order chi connectivity index (χ1) is 13.8. The highest BCUT2D eigenvalue weighted by molar-refractivity contribution is 7.99. The van der Waals surface area contributed by atoms with Gasteiger partial charge in [-0.2, -0.15) is 0 Å². The number of thiazole rings is 1. The summed E-state index contributed by atoms with van der Waals surface area (Å²) in [6, 6.07) is 13.5. The average molecular weight is 411 g/mol. The van der Waals surface area contributed by atoms with Crippen LogP contribution in [0, 0.1) is 0 Å². The number of nitrogens with zero attached hydrogens (tertiary/aromatic N) is 3. The third kappa shape index (κ3) is 4.98. The van der Waals surface area contributed by atoms with Crippen LogP contribution in [-0.2, 0) is 6.54 Å². The molecule has 1 amide bonds. The van der Waals surface area contributed by atoms with Crippen LogP contribution in [0.15, 0.2) is 64.0 Å². The molecule has 3 aromatic rings. The molecule has 1 aromatic carbocycles. The highest BCUT2D eigenvalue weighted by Gasteiger charge is 2.16. The normalized spacial score (nSPS) is 14.7. The maximum atomic E-state index is 12.8. The summed E-state index contributed by atoms with van der Waals surface area (Å²) in [5.74, 6) is -0.176. The fraction of sp³-hybridized carbons (Fsp3) is 0.286. The minimum absolute atomic E-state index is 0.176. The van der Waals surface area contributed by atoms with Crippen molar-refractivity contribution in [2.24, 2.45) is 0 Å². The molecule has 7 heteroatoms. The molecule has 1 fully saturated rings. The molecule has 1 N–H and O–H groups in total. The molecule has 0 spiro atoms. The number of carbonyl (C=O) groups excluding carboxylic acids is 1. The van der Waals surface area contributed by atoms with Crippen molar-refractivity contribution in [1.29, 1.82) is 0 Å². The number of hydrogen-bond acceptors (Lipinski definition) is 6. The van der Waals surface area contributed by atoms with Gasteiger partial charge in [0.2, 0.25) is 0 Å². The molecule has 3 heterocycles. The van der Waals surface area contributed by atoms with E-state index in [0.717, 1.165) is 30.2 Å². The molecule has 28 heavy (non-hydrogen) atoms. The number of piperidine rings is 1. The number of benzene rings is 1. The summed E-state index contributed by atoms with van der Waals surface area (Å²) in [6.45, 7) is 3.12. The molecule has 2 aromatic heterocycles. The van der Waals surface area contributed by atoms with Crippen molar-refractivity contribution in [1.82, 2.24) is 14.9 Å². The predicted molar refractivity (Wildman–Crippen MR) is 114 cm³/mol. The molecule has 5 nitrogen and oxygen atoms in total. The minimum atomic E-state index is -0.176. The van der Waals surface area contributed by atoms with Crippen molar-refractivity contribution in [3.05, 3.63) is 65.3 Å². The van der Waals surface area contributed by atoms with E-state index in [0.29, 0.717) is 15.7 Å². The van der Waals surface area contributed by atoms with Gasteiger partial charge in [0.15, 0.2) is 5.13 Å². The number of anilines is 1. The second-order valence-electron chi connectivity index (χ2n) is 6.71. The molecule has 144 valence electrons. The van der Waals surface area contributed by atoms with Crippen LogP contribution in [-0.4, -0.2) is 33.9 Å². The maximum absolute atomic E-state index is 12.8. The van der Waals surface area contributed by atoms with Crippen LogP contribution in [0.2, 0.25) is 0 Å². The number of likely N-dealkylation sites (tertiary alicyclic amines) is 1. The Bertz CT molecular complexity index is 923. The molecule has 0 bridgehead atoms. The zero-order chi connectivity index (χ0) is 19.2. The standard InChI is InChI=1S/C21H22N4OS2/c26-19(18-10-7-11-22-20(18)28-17-8-3-1-4-9-17)24-21-23-16(15-27-21)14-25-12-5-2-6-13-25/h1,3-4,7-11,15H,2,5-6,12-14H2,(H,23,24,26). The first-order valence-corrected chi connectivity index (χ1v) is 11.1. The van der Waals surface area contributed by atoms with Gasteiger partial charge in [0.25, 0.3) is 5.91 Å². The van der Waals surface area contributed by atoms with Crippen molar-refractivity contribution < 1.29 is 4.79 Å². The summed E-state index contributed by atoms with van der Waals surface area (Å²) in [4.78, 5) is 25.3. The maximum Gasteiger partial charge on any atom is 0.260 e. The Morgan fingerprint density at radius 1 is 1.11 bits per heavy atom. The first kappa shape index (κ1) is 19.1. The van der Waals surface area contributed by atoms with Crippen molar-refractivity contribution in [3.63, 3.8) is 0 Å². The summed E-state index contributed by atoms with van der Waals surface area (Å²) in [6.07, 6.45) is 5.55. The summed E-state index contributed by atoms with van der Waals surface area (Å²) in [5, 5.41) is 6.30. The van der Waals surface area contributed by atoms with Crippen molar-refractivity contribution in [3.8, 4) is 0 Å². The van der Waals surface area contributed by atoms with Gasteiger partial charge in [0, 0.05) is 23.0 Å². The number of carbonyl (C=O) groups is 1. The quantitative estimate of drug-likeness (QED) is 0.625. The Kier molecular flexibility index (Phi) is 6.36. The van der Waals surface area contributed by atoms with Gasteiger partial charge in [-0.15, -0.1) is 11.3 Å². The lowest BCUT2D eigenvalue weighted by Crippen LogP contribution is -2.29. The van der Waals surface area contributed by atoms with Gasteiger partial charge >= 0.3 is 0 Å². The minimum Gasteiger partial charge on any atom is -0.298 e. The zero-order valence-electron chi connectivity index (χ0n) is 15.5. The Morgan fingerprint density at radius 2 is 1.93 bits per heavy atom. The molecule has 4 rings (SSSR count). The molecule has 1 aliphatic heterocycles. The fourth-order valence-electron chi connectivity index (χ4n) is 3.19. The lowest BCUT2D eigenvalue weighted by molar-refractivity contribution is 0.102. The number of hydrogen-bond donors (Lipinski definition) is 1. The van der Waals surface area contributed by atoms with Crippen LogP contribution < -0.4 is 5.32 Å². The lowest BCUT2D eigenvalue weighted by Gasteiger charge is -2.25. The Labute approximate surface area is 173 Å². The molecule has 0 saturated carbocycles. The molecular formula is C21H22N4OS2. The van der Waals surface area contributed by atoms with Crippen molar-refractivity contribution in [2.45, 2.75) is 35.7 Å². The van der Waals surface area contributed by atoms with E-state index in [4.69, 9.17) is 0 Å². The highest BCUT2D eigenvalue weighted by Crippen LogP contribution is 2.29. The number of pyridine rings is 1. The third-order valence-corrected chi connectivity index (χ3v) is 6.41. The molecule has 0 radical (unpaired) electrons. The van der Waals surface area contributed by atoms with Crippen molar-refractivity contribution in [2.75, 3.05) is 18.4 Å². The third-order valence-electron chi connectivity index (χ3n) is 4.58. The van der Waals surface area contributed by atoms with Gasteiger partial charge in [-0.25, -0.2) is 9.97 Å². The Balaban J connectivity index is 1.43. The Hall–Kier alpha value is -2.22. The number of aromatic nitrogens is 2. The summed E-state index contributed by atoms with van der Waals surface area (Å²) in [7, 11) is 0. The van der Waals surface area contributed by atoms with E-state index in [1.54, 1.807) is 18.3 Å². The molecule has 0 aliphatic carbocycles. The summed E-state index contributed by atoms with van der Waals surface area (Å²) < 4.78 is 0. The smallest absolute Gasteiger partial charge is 0.260 e. The van der Waals surface area contributed by atoms with Gasteiger partial charge in [0.05, 0.1) is 11.3 Å². The van der Waals surface area contributed by atoms with Crippen LogP contribution >= 0.6 is 23.1 Å². The van der Waals surface area contributed by atoms with E-state index in [-0.39, 0.29) is 5.91 Å². The summed E-state index contributed by atoms with van der Waals surface area (Å²) >= 11 is 2.96.